The number of likely N-dealkylation sites (N-methyl/N-ethyl adjacent to an activating group) is 1. The zero-order chi connectivity index (χ0) is 22.4. The van der Waals surface area contributed by atoms with E-state index in [0.717, 1.165) is 12.1 Å². The van der Waals surface area contributed by atoms with Gasteiger partial charge in [-0.15, -0.1) is 6.58 Å². The maximum Gasteiger partial charge on any atom is 0.414 e. The van der Waals surface area contributed by atoms with Crippen LogP contribution in [-0.4, -0.2) is 61.9 Å². The van der Waals surface area contributed by atoms with Gasteiger partial charge in [-0.3, -0.25) is 9.91 Å². The van der Waals surface area contributed by atoms with Crippen LogP contribution in [0.4, 0.5) is 30.8 Å². The molecule has 1 aromatic carbocycles. The standard InChI is InChI=1S/C17H18F2N6O3.C3H6/c1-23-3-4-24(10-21-23)16-13(18)6-11(7-14(16)19)25-9-12(28-17(25)26)8-20-15-2-5-27-22-15;1-3-2/h2,5-7,10,12H,3-4,8-9H2,1H3,(H,20,22);3H,1H2,2H3. The molecule has 0 spiro atoms. The lowest BCUT2D eigenvalue weighted by atomic mass is 10.2. The lowest BCUT2D eigenvalue weighted by molar-refractivity contribution is 0.147. The molecule has 2 aliphatic heterocycles. The zero-order valence-electron chi connectivity index (χ0n) is 17.3. The van der Waals surface area contributed by atoms with Crippen molar-refractivity contribution in [3.8, 4) is 0 Å². The molecular formula is C20H24F2N6O3. The molecule has 1 N–H and O–H groups in total. The number of hydrogen-bond acceptors (Lipinski definition) is 8. The number of anilines is 3. The molecule has 1 amide bonds. The van der Waals surface area contributed by atoms with Crippen molar-refractivity contribution >= 4 is 29.6 Å². The minimum absolute atomic E-state index is 0.0961. The third kappa shape index (κ3) is 5.30. The molecule has 3 heterocycles. The number of nitrogens with zero attached hydrogens (tertiary/aromatic N) is 5. The number of hydrogen-bond donors (Lipinski definition) is 1. The lowest BCUT2D eigenvalue weighted by Gasteiger charge is -2.28. The number of ether oxygens (including phenoxy) is 1. The van der Waals surface area contributed by atoms with Gasteiger partial charge in [-0.1, -0.05) is 11.2 Å². The first-order valence-electron chi connectivity index (χ1n) is 9.63. The molecule has 1 fully saturated rings. The van der Waals surface area contributed by atoms with Crippen LogP contribution in [0.1, 0.15) is 6.92 Å². The first-order chi connectivity index (χ1) is 14.9. The summed E-state index contributed by atoms with van der Waals surface area (Å²) in [5, 5.41) is 12.4. The highest BCUT2D eigenvalue weighted by Crippen LogP contribution is 2.31. The first-order valence-corrected chi connectivity index (χ1v) is 9.63. The smallest absolute Gasteiger partial charge is 0.414 e. The van der Waals surface area contributed by atoms with E-state index in [1.807, 2.05) is 6.92 Å². The number of aromatic nitrogens is 1. The number of amides is 1. The van der Waals surface area contributed by atoms with Crippen molar-refractivity contribution < 1.29 is 22.8 Å². The molecule has 2 aromatic rings. The fourth-order valence-corrected chi connectivity index (χ4v) is 3.03. The Balaban J connectivity index is 0.000000858. The number of carbonyl (C=O) groups excluding carboxylic acids is 1. The van der Waals surface area contributed by atoms with Gasteiger partial charge in [0.15, 0.2) is 17.5 Å². The highest BCUT2D eigenvalue weighted by atomic mass is 19.1. The van der Waals surface area contributed by atoms with Crippen LogP contribution in [-0.2, 0) is 4.74 Å². The first kappa shape index (κ1) is 22.1. The predicted octanol–water partition coefficient (Wildman–Crippen LogP) is 3.28. The topological polar surface area (TPSA) is 86.4 Å². The van der Waals surface area contributed by atoms with E-state index in [1.165, 1.54) is 22.4 Å². The lowest BCUT2D eigenvalue weighted by Crippen LogP contribution is -2.37. The molecular weight excluding hydrogens is 410 g/mol. The average molecular weight is 434 g/mol. The SMILES string of the molecule is C=CC.CN1CCN(c2c(F)cc(N3CC(CNc4ccon4)OC3=O)cc2F)C=N1. The highest BCUT2D eigenvalue weighted by Gasteiger charge is 2.33. The van der Waals surface area contributed by atoms with Gasteiger partial charge >= 0.3 is 6.09 Å². The molecule has 0 bridgehead atoms. The zero-order valence-corrected chi connectivity index (χ0v) is 17.3. The summed E-state index contributed by atoms with van der Waals surface area (Å²) in [6.07, 6.45) is 3.37. The Morgan fingerprint density at radius 1 is 1.32 bits per heavy atom. The van der Waals surface area contributed by atoms with Gasteiger partial charge in [-0.25, -0.2) is 13.6 Å². The number of cyclic esters (lactones) is 1. The summed E-state index contributed by atoms with van der Waals surface area (Å²) in [6, 6.07) is 3.87. The summed E-state index contributed by atoms with van der Waals surface area (Å²) in [7, 11) is 1.77. The molecule has 9 nitrogen and oxygen atoms in total. The Kier molecular flexibility index (Phi) is 7.06. The largest absolute Gasteiger partial charge is 0.442 e. The second-order valence-electron chi connectivity index (χ2n) is 6.85. The van der Waals surface area contributed by atoms with E-state index in [0.29, 0.717) is 18.9 Å². The Labute approximate surface area is 178 Å². The van der Waals surface area contributed by atoms with Crippen LogP contribution < -0.4 is 15.1 Å². The van der Waals surface area contributed by atoms with Gasteiger partial charge in [0.05, 0.1) is 25.3 Å². The maximum atomic E-state index is 14.6. The van der Waals surface area contributed by atoms with Gasteiger partial charge in [-0.05, 0) is 6.92 Å². The normalized spacial score (nSPS) is 17.9. The summed E-state index contributed by atoms with van der Waals surface area (Å²) < 4.78 is 39.2. The fraction of sp³-hybridized carbons (Fsp3) is 0.350. The second kappa shape index (κ2) is 9.92. The monoisotopic (exact) mass is 434 g/mol. The van der Waals surface area contributed by atoms with E-state index >= 15 is 0 Å². The van der Waals surface area contributed by atoms with Crippen molar-refractivity contribution in [2.75, 3.05) is 48.3 Å². The number of benzene rings is 1. The number of halogens is 2. The number of hydrazone groups is 1. The summed E-state index contributed by atoms with van der Waals surface area (Å²) in [5.74, 6) is -1.05. The summed E-state index contributed by atoms with van der Waals surface area (Å²) in [6.45, 7) is 6.62. The average Bonchev–Trinajstić information content (AvgIpc) is 3.37. The van der Waals surface area contributed by atoms with E-state index < -0.39 is 23.8 Å². The van der Waals surface area contributed by atoms with Gasteiger partial charge in [0.1, 0.15) is 24.4 Å². The number of nitrogens with one attached hydrogen (secondary N) is 1. The van der Waals surface area contributed by atoms with Crippen LogP contribution in [0.3, 0.4) is 0 Å². The number of rotatable bonds is 5. The van der Waals surface area contributed by atoms with Gasteiger partial charge in [-0.2, -0.15) is 5.10 Å². The van der Waals surface area contributed by atoms with Gasteiger partial charge in [0, 0.05) is 31.8 Å². The van der Waals surface area contributed by atoms with E-state index in [2.05, 4.69) is 22.2 Å². The van der Waals surface area contributed by atoms with Gasteiger partial charge in [0.25, 0.3) is 0 Å². The molecule has 1 atom stereocenters. The fourth-order valence-electron chi connectivity index (χ4n) is 3.03. The Hall–Kier alpha value is -3.63. The van der Waals surface area contributed by atoms with Crippen LogP contribution in [0.25, 0.3) is 0 Å². The van der Waals surface area contributed by atoms with Crippen LogP contribution in [0.5, 0.6) is 0 Å². The maximum absolute atomic E-state index is 14.6. The van der Waals surface area contributed by atoms with Crippen molar-refractivity contribution in [2.24, 2.45) is 5.10 Å². The second-order valence-corrected chi connectivity index (χ2v) is 6.85. The van der Waals surface area contributed by atoms with Crippen LogP contribution in [0.15, 0.2) is 46.7 Å². The van der Waals surface area contributed by atoms with E-state index in [-0.39, 0.29) is 24.5 Å². The van der Waals surface area contributed by atoms with Crippen LogP contribution >= 0.6 is 0 Å². The molecule has 31 heavy (non-hydrogen) atoms. The summed E-state index contributed by atoms with van der Waals surface area (Å²) in [5.41, 5.74) is -0.101. The molecule has 4 rings (SSSR count). The van der Waals surface area contributed by atoms with Crippen LogP contribution in [0.2, 0.25) is 0 Å². The van der Waals surface area contributed by atoms with Gasteiger partial charge in [0.2, 0.25) is 0 Å². The van der Waals surface area contributed by atoms with Crippen molar-refractivity contribution in [3.05, 3.63) is 48.8 Å². The molecule has 1 unspecified atom stereocenters. The van der Waals surface area contributed by atoms with E-state index in [1.54, 1.807) is 24.2 Å². The summed E-state index contributed by atoms with van der Waals surface area (Å²) in [4.78, 5) is 14.8. The third-order valence-corrected chi connectivity index (χ3v) is 4.48. The molecule has 11 heteroatoms. The van der Waals surface area contributed by atoms with Crippen molar-refractivity contribution in [1.29, 1.82) is 0 Å². The molecule has 2 aliphatic rings. The predicted molar refractivity (Wildman–Crippen MR) is 113 cm³/mol. The molecule has 166 valence electrons. The Morgan fingerprint density at radius 2 is 2.03 bits per heavy atom. The van der Waals surface area contributed by atoms with Crippen molar-refractivity contribution in [2.45, 2.75) is 13.0 Å². The van der Waals surface area contributed by atoms with Crippen molar-refractivity contribution in [3.63, 3.8) is 0 Å². The molecule has 1 aromatic heterocycles. The number of allylic oxidation sites excluding steroid dienone is 1. The Bertz CT molecular complexity index is 914. The minimum atomic E-state index is -0.775. The van der Waals surface area contributed by atoms with Crippen molar-refractivity contribution in [1.82, 2.24) is 10.2 Å². The third-order valence-electron chi connectivity index (χ3n) is 4.48. The molecule has 0 aliphatic carbocycles. The van der Waals surface area contributed by atoms with Gasteiger partial charge < -0.3 is 19.5 Å². The van der Waals surface area contributed by atoms with Crippen LogP contribution in [0, 0.1) is 11.6 Å². The molecule has 0 radical (unpaired) electrons. The molecule has 0 saturated carbocycles. The number of carbonyl (C=O) groups is 1. The summed E-state index contributed by atoms with van der Waals surface area (Å²) >= 11 is 0. The minimum Gasteiger partial charge on any atom is -0.442 e. The van der Waals surface area contributed by atoms with E-state index in [4.69, 9.17) is 9.26 Å². The Morgan fingerprint density at radius 3 is 2.61 bits per heavy atom. The quantitative estimate of drug-likeness (QED) is 0.723. The molecule has 1 saturated heterocycles. The van der Waals surface area contributed by atoms with E-state index in [9.17, 15) is 13.6 Å². The highest BCUT2D eigenvalue weighted by molar-refractivity contribution is 5.90.